The number of rotatable bonds is 6. The normalized spacial score (nSPS) is 11.7. The van der Waals surface area contributed by atoms with E-state index < -0.39 is 0 Å². The highest BCUT2D eigenvalue weighted by Gasteiger charge is 2.23. The number of aryl methyl sites for hydroxylation is 1. The van der Waals surface area contributed by atoms with Gasteiger partial charge in [-0.25, -0.2) is 9.50 Å². The Bertz CT molecular complexity index is 1320. The van der Waals surface area contributed by atoms with Crippen molar-refractivity contribution in [2.75, 3.05) is 12.9 Å². The standard InChI is InChI=1S/C26H26ClN3O2S/c1-16-24(17-10-12-18(27)13-11-17)25-28-22(26(2,3)4)14-23(30(25)29-16)33-15-20(31)19-8-6-7-9-21(19)32-5/h6-14H,15H2,1-5H3. The van der Waals surface area contributed by atoms with E-state index in [1.54, 1.807) is 19.2 Å². The van der Waals surface area contributed by atoms with Gasteiger partial charge in [-0.1, -0.05) is 68.4 Å². The quantitative estimate of drug-likeness (QED) is 0.176. The summed E-state index contributed by atoms with van der Waals surface area (Å²) in [6.07, 6.45) is 0. The number of aromatic nitrogens is 3. The maximum absolute atomic E-state index is 13.0. The molecule has 0 unspecified atom stereocenters. The van der Waals surface area contributed by atoms with E-state index in [2.05, 4.69) is 20.8 Å². The average Bonchev–Trinajstić information content (AvgIpc) is 3.13. The molecule has 4 rings (SSSR count). The number of ketones is 1. The predicted molar refractivity (Wildman–Crippen MR) is 135 cm³/mol. The van der Waals surface area contributed by atoms with Gasteiger partial charge in [0.1, 0.15) is 10.8 Å². The molecule has 5 nitrogen and oxygen atoms in total. The minimum Gasteiger partial charge on any atom is -0.496 e. The molecule has 7 heteroatoms. The minimum absolute atomic E-state index is 0.00141. The first-order valence-corrected chi connectivity index (χ1v) is 12.0. The number of hydrogen-bond acceptors (Lipinski definition) is 5. The Labute approximate surface area is 203 Å². The third kappa shape index (κ3) is 4.77. The molecule has 0 aliphatic heterocycles. The molecule has 2 aromatic carbocycles. The molecule has 33 heavy (non-hydrogen) atoms. The van der Waals surface area contributed by atoms with Crippen LogP contribution >= 0.6 is 23.4 Å². The molecule has 0 fully saturated rings. The van der Waals surface area contributed by atoms with Gasteiger partial charge in [0.15, 0.2) is 11.4 Å². The number of nitrogens with zero attached hydrogens (tertiary/aromatic N) is 3. The lowest BCUT2D eigenvalue weighted by Crippen LogP contribution is -2.15. The van der Waals surface area contributed by atoms with Crippen molar-refractivity contribution in [2.45, 2.75) is 38.1 Å². The summed E-state index contributed by atoms with van der Waals surface area (Å²) in [6.45, 7) is 8.37. The van der Waals surface area contributed by atoms with Crippen molar-refractivity contribution < 1.29 is 9.53 Å². The molecule has 0 radical (unpaired) electrons. The lowest BCUT2D eigenvalue weighted by molar-refractivity contribution is 0.101. The summed E-state index contributed by atoms with van der Waals surface area (Å²) in [5.41, 5.74) is 4.97. The molecule has 170 valence electrons. The summed E-state index contributed by atoms with van der Waals surface area (Å²) in [7, 11) is 1.58. The van der Waals surface area contributed by atoms with Gasteiger partial charge in [0, 0.05) is 16.0 Å². The molecule has 0 spiro atoms. The fourth-order valence-electron chi connectivity index (χ4n) is 3.63. The van der Waals surface area contributed by atoms with E-state index >= 15 is 0 Å². The largest absolute Gasteiger partial charge is 0.496 e. The van der Waals surface area contributed by atoms with Crippen LogP contribution in [0.1, 0.15) is 42.5 Å². The van der Waals surface area contributed by atoms with Gasteiger partial charge in [-0.15, -0.1) is 0 Å². The van der Waals surface area contributed by atoms with Crippen LogP contribution < -0.4 is 4.74 Å². The fourth-order valence-corrected chi connectivity index (χ4v) is 4.64. The summed E-state index contributed by atoms with van der Waals surface area (Å²) < 4.78 is 7.20. The van der Waals surface area contributed by atoms with Gasteiger partial charge in [-0.05, 0) is 42.8 Å². The number of benzene rings is 2. The van der Waals surface area contributed by atoms with Crippen molar-refractivity contribution in [3.63, 3.8) is 0 Å². The highest BCUT2D eigenvalue weighted by Crippen LogP contribution is 2.34. The predicted octanol–water partition coefficient (Wildman–Crippen LogP) is 6.64. The van der Waals surface area contributed by atoms with Crippen molar-refractivity contribution in [3.05, 3.63) is 76.6 Å². The number of carbonyl (C=O) groups is 1. The van der Waals surface area contributed by atoms with Gasteiger partial charge in [0.25, 0.3) is 0 Å². The lowest BCUT2D eigenvalue weighted by Gasteiger charge is -2.19. The van der Waals surface area contributed by atoms with Crippen molar-refractivity contribution >= 4 is 34.8 Å². The maximum atomic E-state index is 13.0. The smallest absolute Gasteiger partial charge is 0.176 e. The Balaban J connectivity index is 1.78. The van der Waals surface area contributed by atoms with Crippen LogP contribution in [0.25, 0.3) is 16.8 Å². The molecule has 0 saturated heterocycles. The van der Waals surface area contributed by atoms with E-state index in [-0.39, 0.29) is 17.0 Å². The van der Waals surface area contributed by atoms with E-state index in [0.717, 1.165) is 33.2 Å². The molecule has 0 aliphatic rings. The first-order valence-electron chi connectivity index (χ1n) is 10.6. The summed E-state index contributed by atoms with van der Waals surface area (Å²) >= 11 is 7.56. The molecule has 0 N–H and O–H groups in total. The third-order valence-corrected chi connectivity index (χ3v) is 6.64. The fraction of sp³-hybridized carbons (Fsp3) is 0.269. The zero-order chi connectivity index (χ0) is 23.8. The second-order valence-electron chi connectivity index (χ2n) is 8.84. The highest BCUT2D eigenvalue weighted by molar-refractivity contribution is 7.99. The monoisotopic (exact) mass is 479 g/mol. The Morgan fingerprint density at radius 3 is 2.48 bits per heavy atom. The third-order valence-electron chi connectivity index (χ3n) is 5.39. The molecule has 0 amide bonds. The van der Waals surface area contributed by atoms with Crippen molar-refractivity contribution in [1.82, 2.24) is 14.6 Å². The summed E-state index contributed by atoms with van der Waals surface area (Å²) in [4.78, 5) is 18.0. The SMILES string of the molecule is COc1ccccc1C(=O)CSc1cc(C(C)(C)C)nc2c(-c3ccc(Cl)cc3)c(C)nn12. The van der Waals surface area contributed by atoms with Crippen LogP contribution in [-0.4, -0.2) is 33.2 Å². The van der Waals surface area contributed by atoms with Gasteiger partial charge in [0.05, 0.1) is 29.8 Å². The van der Waals surface area contributed by atoms with Crippen LogP contribution in [0.5, 0.6) is 5.75 Å². The van der Waals surface area contributed by atoms with Gasteiger partial charge >= 0.3 is 0 Å². The van der Waals surface area contributed by atoms with Crippen LogP contribution in [0.15, 0.2) is 59.6 Å². The van der Waals surface area contributed by atoms with E-state index in [1.165, 1.54) is 11.8 Å². The Morgan fingerprint density at radius 1 is 1.12 bits per heavy atom. The zero-order valence-corrected chi connectivity index (χ0v) is 20.9. The Kier molecular flexibility index (Phi) is 6.50. The van der Waals surface area contributed by atoms with Crippen molar-refractivity contribution in [3.8, 4) is 16.9 Å². The number of ether oxygens (including phenoxy) is 1. The van der Waals surface area contributed by atoms with Gasteiger partial charge < -0.3 is 4.74 Å². The topological polar surface area (TPSA) is 56.5 Å². The van der Waals surface area contributed by atoms with Crippen LogP contribution in [-0.2, 0) is 5.41 Å². The number of Topliss-reactive ketones (excluding diaryl/α,β-unsaturated/α-hetero) is 1. The van der Waals surface area contributed by atoms with Gasteiger partial charge in [-0.2, -0.15) is 5.10 Å². The average molecular weight is 480 g/mol. The minimum atomic E-state index is -0.168. The summed E-state index contributed by atoms with van der Waals surface area (Å²) in [6, 6.07) is 17.0. The number of carbonyl (C=O) groups excluding carboxylic acids is 1. The lowest BCUT2D eigenvalue weighted by atomic mass is 9.92. The second-order valence-corrected chi connectivity index (χ2v) is 10.3. The number of thioether (sulfide) groups is 1. The first kappa shape index (κ1) is 23.3. The summed E-state index contributed by atoms with van der Waals surface area (Å²) in [5, 5.41) is 6.34. The van der Waals surface area contributed by atoms with Gasteiger partial charge in [0.2, 0.25) is 0 Å². The van der Waals surface area contributed by atoms with E-state index in [1.807, 2.05) is 53.9 Å². The number of para-hydroxylation sites is 1. The molecular weight excluding hydrogens is 454 g/mol. The van der Waals surface area contributed by atoms with E-state index in [4.69, 9.17) is 26.4 Å². The first-order chi connectivity index (χ1) is 15.7. The Hall–Kier alpha value is -2.83. The molecule has 2 heterocycles. The van der Waals surface area contributed by atoms with Crippen LogP contribution in [0, 0.1) is 6.92 Å². The number of hydrogen-bond donors (Lipinski definition) is 0. The number of fused-ring (bicyclic) bond motifs is 1. The number of halogens is 1. The molecule has 2 aromatic heterocycles. The molecule has 0 saturated carbocycles. The summed E-state index contributed by atoms with van der Waals surface area (Å²) in [5.74, 6) is 0.845. The highest BCUT2D eigenvalue weighted by atomic mass is 35.5. The van der Waals surface area contributed by atoms with Gasteiger partial charge in [-0.3, -0.25) is 4.79 Å². The molecular formula is C26H26ClN3O2S. The molecule has 0 aliphatic carbocycles. The number of methoxy groups -OCH3 is 1. The zero-order valence-electron chi connectivity index (χ0n) is 19.3. The van der Waals surface area contributed by atoms with Crippen LogP contribution in [0.3, 0.4) is 0 Å². The van der Waals surface area contributed by atoms with E-state index in [0.29, 0.717) is 16.3 Å². The second kappa shape index (κ2) is 9.20. The van der Waals surface area contributed by atoms with Crippen molar-refractivity contribution in [1.29, 1.82) is 0 Å². The van der Waals surface area contributed by atoms with Crippen molar-refractivity contribution in [2.24, 2.45) is 0 Å². The Morgan fingerprint density at radius 2 is 1.82 bits per heavy atom. The maximum Gasteiger partial charge on any atom is 0.176 e. The van der Waals surface area contributed by atoms with Crippen LogP contribution in [0.4, 0.5) is 0 Å². The molecule has 4 aromatic rings. The van der Waals surface area contributed by atoms with E-state index in [9.17, 15) is 4.79 Å². The van der Waals surface area contributed by atoms with Crippen LogP contribution in [0.2, 0.25) is 5.02 Å². The molecule has 0 bridgehead atoms. The molecule has 0 atom stereocenters.